The number of hydrogen-bond acceptors (Lipinski definition) is 8. The third-order valence-corrected chi connectivity index (χ3v) is 7.05. The zero-order chi connectivity index (χ0) is 34.9. The third-order valence-electron chi connectivity index (χ3n) is 7.05. The maximum absolute atomic E-state index is 5.81. The Kier molecular flexibility index (Phi) is 19.4. The second-order valence-electron chi connectivity index (χ2n) is 10.9. The van der Waals surface area contributed by atoms with E-state index in [9.17, 15) is 0 Å². The largest absolute Gasteiger partial charge is 0.493 e. The number of pyridine rings is 6. The van der Waals surface area contributed by atoms with Crippen molar-refractivity contribution in [3.8, 4) is 45.7 Å². The number of nitrogens with zero attached hydrogens (tertiary/aromatic N) is 6. The quantitative estimate of drug-likeness (QED) is 0.0580. The first-order valence-corrected chi connectivity index (χ1v) is 16.8. The van der Waals surface area contributed by atoms with Crippen LogP contribution in [0.15, 0.2) is 160 Å². The van der Waals surface area contributed by atoms with Crippen molar-refractivity contribution >= 4 is 0 Å². The third kappa shape index (κ3) is 15.4. The standard InChI is InChI=1S/C22H28N2O2.2C10H8N2.Ru/c1-3-5-7-9-15-25-19-11-13-23-21(17-19)22-18-20(12-14-24-22)26-16-10-8-6-4-2;2*1-3-7-11-9(5-1)10-6-2-4-8-12-10;/h3-4,11-14,17-18H,1-2,5-10,15-16H2;2*1-8H;. The summed E-state index contributed by atoms with van der Waals surface area (Å²) in [6.07, 6.45) is 20.7. The maximum Gasteiger partial charge on any atom is 0.123 e. The van der Waals surface area contributed by atoms with Crippen LogP contribution in [0.25, 0.3) is 34.2 Å². The van der Waals surface area contributed by atoms with E-state index in [1.54, 1.807) is 37.2 Å². The molecule has 0 aliphatic carbocycles. The Balaban J connectivity index is 0.000000231. The van der Waals surface area contributed by atoms with Crippen molar-refractivity contribution < 1.29 is 29.0 Å². The molecule has 6 aromatic heterocycles. The van der Waals surface area contributed by atoms with E-state index in [4.69, 9.17) is 9.47 Å². The predicted octanol–water partition coefficient (Wildman–Crippen LogP) is 9.90. The van der Waals surface area contributed by atoms with E-state index in [1.807, 2.05) is 109 Å². The molecule has 0 fully saturated rings. The molecule has 51 heavy (non-hydrogen) atoms. The second kappa shape index (κ2) is 24.7. The van der Waals surface area contributed by atoms with Gasteiger partial charge in [-0.3, -0.25) is 29.9 Å². The first-order chi connectivity index (χ1) is 24.8. The Labute approximate surface area is 314 Å². The SMILES string of the molecule is C=CCCCCOc1ccnc(-c2cc(OCCCCC=C)ccn2)c1.[Ru].c1ccc(-c2ccccn2)nc1.c1ccc(-c2ccccn2)nc1. The summed E-state index contributed by atoms with van der Waals surface area (Å²) in [4.78, 5) is 25.6. The number of rotatable bonds is 15. The van der Waals surface area contributed by atoms with E-state index in [-0.39, 0.29) is 19.5 Å². The summed E-state index contributed by atoms with van der Waals surface area (Å²) in [6, 6.07) is 30.8. The topological polar surface area (TPSA) is 95.8 Å². The molecule has 0 aliphatic heterocycles. The van der Waals surface area contributed by atoms with E-state index in [0.29, 0.717) is 13.2 Å². The van der Waals surface area contributed by atoms with Gasteiger partial charge in [0.1, 0.15) is 11.5 Å². The Morgan fingerprint density at radius 3 is 1.04 bits per heavy atom. The van der Waals surface area contributed by atoms with Gasteiger partial charge in [0, 0.05) is 68.8 Å². The summed E-state index contributed by atoms with van der Waals surface area (Å²) >= 11 is 0. The van der Waals surface area contributed by atoms with Crippen LogP contribution in [0, 0.1) is 0 Å². The number of ether oxygens (including phenoxy) is 2. The fraction of sp³-hybridized carbons (Fsp3) is 0.190. The van der Waals surface area contributed by atoms with Crippen LogP contribution in [-0.4, -0.2) is 43.1 Å². The molecule has 0 saturated heterocycles. The number of unbranched alkanes of at least 4 members (excludes halogenated alkanes) is 4. The van der Waals surface area contributed by atoms with Crippen molar-refractivity contribution in [3.63, 3.8) is 0 Å². The minimum Gasteiger partial charge on any atom is -0.493 e. The van der Waals surface area contributed by atoms with Crippen molar-refractivity contribution in [3.05, 3.63) is 160 Å². The minimum atomic E-state index is 0. The van der Waals surface area contributed by atoms with Gasteiger partial charge < -0.3 is 9.47 Å². The van der Waals surface area contributed by atoms with Crippen LogP contribution in [0.2, 0.25) is 0 Å². The molecule has 6 aromatic rings. The van der Waals surface area contributed by atoms with Gasteiger partial charge in [-0.05, 0) is 99.2 Å². The van der Waals surface area contributed by atoms with E-state index >= 15 is 0 Å². The van der Waals surface area contributed by atoms with E-state index in [1.165, 1.54) is 0 Å². The molecule has 0 amide bonds. The molecular formula is C42H44N6O2Ru. The zero-order valence-corrected chi connectivity index (χ0v) is 30.5. The molecule has 262 valence electrons. The Morgan fingerprint density at radius 1 is 0.412 bits per heavy atom. The Bertz CT molecular complexity index is 1590. The fourth-order valence-corrected chi connectivity index (χ4v) is 4.50. The average Bonchev–Trinajstić information content (AvgIpc) is 3.20. The smallest absolute Gasteiger partial charge is 0.123 e. The van der Waals surface area contributed by atoms with Crippen molar-refractivity contribution in [1.82, 2.24) is 29.9 Å². The molecule has 6 heterocycles. The predicted molar refractivity (Wildman–Crippen MR) is 201 cm³/mol. The molecule has 0 bridgehead atoms. The fourth-order valence-electron chi connectivity index (χ4n) is 4.50. The first kappa shape index (κ1) is 40.0. The molecule has 0 aromatic carbocycles. The normalized spacial score (nSPS) is 9.80. The molecule has 0 N–H and O–H groups in total. The van der Waals surface area contributed by atoms with Crippen molar-refractivity contribution in [2.24, 2.45) is 0 Å². The summed E-state index contributed by atoms with van der Waals surface area (Å²) < 4.78 is 11.6. The number of aromatic nitrogens is 6. The maximum atomic E-state index is 5.81. The molecule has 0 spiro atoms. The number of allylic oxidation sites excluding steroid dienone is 2. The van der Waals surface area contributed by atoms with Crippen molar-refractivity contribution in [2.45, 2.75) is 38.5 Å². The first-order valence-electron chi connectivity index (χ1n) is 16.8. The summed E-state index contributed by atoms with van der Waals surface area (Å²) in [7, 11) is 0. The van der Waals surface area contributed by atoms with Crippen molar-refractivity contribution in [1.29, 1.82) is 0 Å². The molecule has 6 rings (SSSR count). The van der Waals surface area contributed by atoms with Gasteiger partial charge in [-0.2, -0.15) is 0 Å². The van der Waals surface area contributed by atoms with Gasteiger partial charge in [0.05, 0.1) is 47.4 Å². The van der Waals surface area contributed by atoms with Gasteiger partial charge in [0.15, 0.2) is 0 Å². The van der Waals surface area contributed by atoms with E-state index in [0.717, 1.165) is 84.2 Å². The second-order valence-corrected chi connectivity index (χ2v) is 10.9. The van der Waals surface area contributed by atoms with Crippen LogP contribution in [-0.2, 0) is 19.5 Å². The van der Waals surface area contributed by atoms with E-state index < -0.39 is 0 Å². The van der Waals surface area contributed by atoms with Crippen LogP contribution < -0.4 is 9.47 Å². The molecule has 0 saturated carbocycles. The summed E-state index contributed by atoms with van der Waals surface area (Å²) in [6.45, 7) is 8.85. The van der Waals surface area contributed by atoms with Gasteiger partial charge in [0.25, 0.3) is 0 Å². The molecular weight excluding hydrogens is 722 g/mol. The van der Waals surface area contributed by atoms with Gasteiger partial charge in [-0.1, -0.05) is 36.4 Å². The van der Waals surface area contributed by atoms with Crippen molar-refractivity contribution in [2.75, 3.05) is 13.2 Å². The minimum absolute atomic E-state index is 0. The van der Waals surface area contributed by atoms with Gasteiger partial charge in [0.2, 0.25) is 0 Å². The van der Waals surface area contributed by atoms with Gasteiger partial charge >= 0.3 is 0 Å². The molecule has 0 radical (unpaired) electrons. The van der Waals surface area contributed by atoms with Crippen LogP contribution in [0.5, 0.6) is 11.5 Å². The Morgan fingerprint density at radius 2 is 0.745 bits per heavy atom. The summed E-state index contributed by atoms with van der Waals surface area (Å²) in [5.41, 5.74) is 5.23. The van der Waals surface area contributed by atoms with Crippen LogP contribution in [0.1, 0.15) is 38.5 Å². The Hall–Kier alpha value is -5.40. The summed E-state index contributed by atoms with van der Waals surface area (Å²) in [5.74, 6) is 1.62. The number of hydrogen-bond donors (Lipinski definition) is 0. The van der Waals surface area contributed by atoms with Crippen LogP contribution in [0.4, 0.5) is 0 Å². The van der Waals surface area contributed by atoms with E-state index in [2.05, 4.69) is 43.1 Å². The van der Waals surface area contributed by atoms with Gasteiger partial charge in [-0.15, -0.1) is 13.2 Å². The molecule has 9 heteroatoms. The molecule has 8 nitrogen and oxygen atoms in total. The monoisotopic (exact) mass is 766 g/mol. The van der Waals surface area contributed by atoms with Gasteiger partial charge in [-0.25, -0.2) is 0 Å². The summed E-state index contributed by atoms with van der Waals surface area (Å²) in [5, 5.41) is 0. The average molecular weight is 766 g/mol. The van der Waals surface area contributed by atoms with Crippen LogP contribution >= 0.6 is 0 Å². The van der Waals surface area contributed by atoms with Crippen LogP contribution in [0.3, 0.4) is 0 Å². The molecule has 0 atom stereocenters. The zero-order valence-electron chi connectivity index (χ0n) is 28.8. The molecule has 0 aliphatic rings. The molecule has 0 unspecified atom stereocenters.